The van der Waals surface area contributed by atoms with E-state index in [9.17, 15) is 0 Å². The minimum Gasteiger partial charge on any atom is -0.456 e. The predicted octanol–water partition coefficient (Wildman–Crippen LogP) is 16.0. The van der Waals surface area contributed by atoms with E-state index >= 15 is 0 Å². The molecule has 2 nitrogen and oxygen atoms in total. The van der Waals surface area contributed by atoms with Crippen molar-refractivity contribution in [1.82, 2.24) is 0 Å². The second-order valence-electron chi connectivity index (χ2n) is 16.1. The Labute approximate surface area is 345 Å². The first-order chi connectivity index (χ1) is 29.0. The van der Waals surface area contributed by atoms with Crippen molar-refractivity contribution >= 4 is 39.0 Å². The Morgan fingerprint density at radius 1 is 0.356 bits per heavy atom. The normalized spacial score (nSPS) is 12.7. The molecule has 1 aliphatic carbocycles. The molecule has 0 amide bonds. The molecule has 2 heteroatoms. The molecule has 0 atom stereocenters. The van der Waals surface area contributed by atoms with Crippen LogP contribution in [-0.2, 0) is 5.41 Å². The molecule has 0 radical (unpaired) electrons. The topological polar surface area (TPSA) is 16.4 Å². The highest BCUT2D eigenvalue weighted by molar-refractivity contribution is 6.18. The predicted molar refractivity (Wildman–Crippen MR) is 248 cm³/mol. The number of hydrogen-bond acceptors (Lipinski definition) is 2. The van der Waals surface area contributed by atoms with Gasteiger partial charge in [0.15, 0.2) is 0 Å². The second-order valence-corrected chi connectivity index (χ2v) is 16.1. The number of benzene rings is 9. The number of fused-ring (bicyclic) bond motifs is 6. The molecule has 10 aromatic rings. The van der Waals surface area contributed by atoms with Crippen molar-refractivity contribution in [3.8, 4) is 55.6 Å². The van der Waals surface area contributed by atoms with Gasteiger partial charge in [-0.1, -0.05) is 178 Å². The van der Waals surface area contributed by atoms with Crippen LogP contribution >= 0.6 is 0 Å². The Morgan fingerprint density at radius 3 is 1.34 bits per heavy atom. The van der Waals surface area contributed by atoms with Gasteiger partial charge < -0.3 is 9.32 Å². The quantitative estimate of drug-likeness (QED) is 0.161. The maximum atomic E-state index is 7.01. The summed E-state index contributed by atoms with van der Waals surface area (Å²) in [7, 11) is 0. The molecule has 1 aliphatic rings. The molecule has 0 saturated heterocycles. The third-order valence-electron chi connectivity index (χ3n) is 12.3. The molecule has 1 heterocycles. The molecule has 9 aromatic carbocycles. The maximum absolute atomic E-state index is 7.01. The van der Waals surface area contributed by atoms with E-state index in [-0.39, 0.29) is 5.41 Å². The van der Waals surface area contributed by atoms with E-state index in [1.807, 2.05) is 0 Å². The summed E-state index contributed by atoms with van der Waals surface area (Å²) in [5.74, 6) is 0. The van der Waals surface area contributed by atoms with Crippen LogP contribution in [0, 0.1) is 0 Å². The number of hydrogen-bond donors (Lipinski definition) is 0. The first-order valence-electron chi connectivity index (χ1n) is 20.4. The Bertz CT molecular complexity index is 3040. The van der Waals surface area contributed by atoms with E-state index in [1.165, 1.54) is 66.8 Å². The van der Waals surface area contributed by atoms with Gasteiger partial charge in [-0.05, 0) is 104 Å². The van der Waals surface area contributed by atoms with Gasteiger partial charge in [0.25, 0.3) is 0 Å². The standard InChI is InChI=1S/C57H41NO/c1-57(2)50-21-13-12-20-48(50)55-51(57)37-53-56(54(55)44-24-22-41(23-25-44)38-14-6-3-7-15-38)49-35-34-47(36-52(49)59-53)58(45-30-26-42(27-31-45)39-16-8-4-9-17-39)46-32-28-43(29-33-46)40-18-10-5-11-19-40/h3-37H,1-2H3. The molecule has 1 aromatic heterocycles. The fraction of sp³-hybridized carbons (Fsp3) is 0.0526. The number of rotatable bonds is 7. The first-order valence-corrected chi connectivity index (χ1v) is 20.4. The minimum absolute atomic E-state index is 0.183. The summed E-state index contributed by atoms with van der Waals surface area (Å²) in [6.45, 7) is 4.69. The SMILES string of the molecule is CC1(C)c2ccccc2-c2c1cc1oc3cc(N(c4ccc(-c5ccccc5)cc4)c4ccc(-c5ccccc5)cc4)ccc3c1c2-c1ccc(-c2ccccc2)cc1. The van der Waals surface area contributed by atoms with Crippen molar-refractivity contribution in [2.24, 2.45) is 0 Å². The fourth-order valence-corrected chi connectivity index (χ4v) is 9.29. The zero-order valence-corrected chi connectivity index (χ0v) is 33.1. The average molecular weight is 756 g/mol. The lowest BCUT2D eigenvalue weighted by Crippen LogP contribution is -2.14. The summed E-state index contributed by atoms with van der Waals surface area (Å²) in [6.07, 6.45) is 0. The highest BCUT2D eigenvalue weighted by Crippen LogP contribution is 2.56. The molecule has 280 valence electrons. The van der Waals surface area contributed by atoms with E-state index in [2.05, 4.69) is 231 Å². The lowest BCUT2D eigenvalue weighted by atomic mass is 9.81. The van der Waals surface area contributed by atoms with Crippen LogP contribution in [0.2, 0.25) is 0 Å². The van der Waals surface area contributed by atoms with E-state index in [0.29, 0.717) is 0 Å². The molecule has 0 saturated carbocycles. The summed E-state index contributed by atoms with van der Waals surface area (Å²) in [5, 5.41) is 2.26. The maximum Gasteiger partial charge on any atom is 0.137 e. The molecule has 0 bridgehead atoms. The van der Waals surface area contributed by atoms with E-state index < -0.39 is 0 Å². The second kappa shape index (κ2) is 13.9. The van der Waals surface area contributed by atoms with E-state index in [4.69, 9.17) is 4.42 Å². The molecule has 0 fully saturated rings. The Morgan fingerprint density at radius 2 is 0.797 bits per heavy atom. The molecule has 59 heavy (non-hydrogen) atoms. The van der Waals surface area contributed by atoms with Crippen molar-refractivity contribution in [2.45, 2.75) is 19.3 Å². The van der Waals surface area contributed by atoms with Gasteiger partial charge in [-0.3, -0.25) is 0 Å². The molecular weight excluding hydrogens is 715 g/mol. The molecular formula is C57H41NO. The van der Waals surface area contributed by atoms with Crippen LogP contribution in [0.4, 0.5) is 17.1 Å². The van der Waals surface area contributed by atoms with E-state index in [1.54, 1.807) is 0 Å². The van der Waals surface area contributed by atoms with Gasteiger partial charge in [0.2, 0.25) is 0 Å². The van der Waals surface area contributed by atoms with Gasteiger partial charge >= 0.3 is 0 Å². The van der Waals surface area contributed by atoms with Crippen LogP contribution in [0.15, 0.2) is 217 Å². The molecule has 11 rings (SSSR count). The van der Waals surface area contributed by atoms with Crippen LogP contribution < -0.4 is 4.90 Å². The van der Waals surface area contributed by atoms with Crippen LogP contribution in [0.5, 0.6) is 0 Å². The third-order valence-corrected chi connectivity index (χ3v) is 12.3. The summed E-state index contributed by atoms with van der Waals surface area (Å²) in [4.78, 5) is 2.33. The van der Waals surface area contributed by atoms with Gasteiger partial charge in [-0.2, -0.15) is 0 Å². The molecule has 0 spiro atoms. The summed E-state index contributed by atoms with van der Waals surface area (Å²) in [6, 6.07) is 76.5. The monoisotopic (exact) mass is 755 g/mol. The van der Waals surface area contributed by atoms with Crippen LogP contribution in [-0.4, -0.2) is 0 Å². The van der Waals surface area contributed by atoms with E-state index in [0.717, 1.165) is 39.0 Å². The molecule has 0 unspecified atom stereocenters. The van der Waals surface area contributed by atoms with Crippen molar-refractivity contribution in [2.75, 3.05) is 4.90 Å². The highest BCUT2D eigenvalue weighted by atomic mass is 16.3. The number of nitrogens with zero attached hydrogens (tertiary/aromatic N) is 1. The lowest BCUT2D eigenvalue weighted by molar-refractivity contribution is 0.647. The number of anilines is 3. The lowest BCUT2D eigenvalue weighted by Gasteiger charge is -2.26. The van der Waals surface area contributed by atoms with Crippen molar-refractivity contribution in [3.05, 3.63) is 223 Å². The average Bonchev–Trinajstić information content (AvgIpc) is 3.78. The molecule has 0 aliphatic heterocycles. The van der Waals surface area contributed by atoms with Crippen LogP contribution in [0.3, 0.4) is 0 Å². The van der Waals surface area contributed by atoms with Crippen molar-refractivity contribution < 1.29 is 4.42 Å². The van der Waals surface area contributed by atoms with Gasteiger partial charge in [0, 0.05) is 44.9 Å². The highest BCUT2D eigenvalue weighted by Gasteiger charge is 2.38. The van der Waals surface area contributed by atoms with Crippen molar-refractivity contribution in [3.63, 3.8) is 0 Å². The Balaban J connectivity index is 1.09. The van der Waals surface area contributed by atoms with Gasteiger partial charge in [-0.25, -0.2) is 0 Å². The first kappa shape index (κ1) is 34.8. The largest absolute Gasteiger partial charge is 0.456 e. The zero-order valence-electron chi connectivity index (χ0n) is 33.1. The van der Waals surface area contributed by atoms with Gasteiger partial charge in [-0.15, -0.1) is 0 Å². The zero-order chi connectivity index (χ0) is 39.5. The van der Waals surface area contributed by atoms with Gasteiger partial charge in [0.05, 0.1) is 0 Å². The Hall–Kier alpha value is -7.42. The smallest absolute Gasteiger partial charge is 0.137 e. The van der Waals surface area contributed by atoms with Crippen molar-refractivity contribution in [1.29, 1.82) is 0 Å². The number of furan rings is 1. The van der Waals surface area contributed by atoms with Crippen LogP contribution in [0.1, 0.15) is 25.0 Å². The molecule has 0 N–H and O–H groups in total. The third kappa shape index (κ3) is 5.87. The van der Waals surface area contributed by atoms with Crippen LogP contribution in [0.25, 0.3) is 77.6 Å². The summed E-state index contributed by atoms with van der Waals surface area (Å²) >= 11 is 0. The Kier molecular flexibility index (Phi) is 8.20. The minimum atomic E-state index is -0.183. The van der Waals surface area contributed by atoms with Gasteiger partial charge in [0.1, 0.15) is 11.2 Å². The fourth-order valence-electron chi connectivity index (χ4n) is 9.29. The summed E-state index contributed by atoms with van der Waals surface area (Å²) in [5.41, 5.74) is 19.6. The summed E-state index contributed by atoms with van der Waals surface area (Å²) < 4.78 is 7.01.